The normalized spacial score (nSPS) is 17.3. The number of anilines is 2. The van der Waals surface area contributed by atoms with Crippen LogP contribution in [0, 0.1) is 11.7 Å². The quantitative estimate of drug-likeness (QED) is 0.492. The molecule has 184 valence electrons. The molecule has 1 amide bonds. The summed E-state index contributed by atoms with van der Waals surface area (Å²) in [5.74, 6) is -2.98. The Hall–Kier alpha value is -3.40. The highest BCUT2D eigenvalue weighted by Gasteiger charge is 2.34. The van der Waals surface area contributed by atoms with Gasteiger partial charge in [-0.3, -0.25) is 4.79 Å². The van der Waals surface area contributed by atoms with Gasteiger partial charge in [-0.15, -0.1) is 10.2 Å². The lowest BCUT2D eigenvalue weighted by Crippen LogP contribution is -2.30. The van der Waals surface area contributed by atoms with Crippen molar-refractivity contribution in [1.82, 2.24) is 10.2 Å². The number of carbonyl (C=O) groups is 1. The average Bonchev–Trinajstić information content (AvgIpc) is 2.99. The van der Waals surface area contributed by atoms with Gasteiger partial charge in [0.2, 0.25) is 5.92 Å². The molecule has 0 bridgehead atoms. The molecule has 0 radical (unpaired) electrons. The van der Waals surface area contributed by atoms with Crippen molar-refractivity contribution in [3.8, 4) is 11.3 Å². The Morgan fingerprint density at radius 1 is 1.09 bits per heavy atom. The van der Waals surface area contributed by atoms with E-state index in [-0.39, 0.29) is 37.2 Å². The molecule has 0 spiro atoms. The van der Waals surface area contributed by atoms with E-state index in [2.05, 4.69) is 15.5 Å². The van der Waals surface area contributed by atoms with Gasteiger partial charge in [-0.05, 0) is 37.1 Å². The van der Waals surface area contributed by atoms with Crippen molar-refractivity contribution in [1.29, 1.82) is 4.78 Å². The summed E-state index contributed by atoms with van der Waals surface area (Å²) in [5.41, 5.74) is 2.50. The molecule has 35 heavy (non-hydrogen) atoms. The van der Waals surface area contributed by atoms with Gasteiger partial charge in [-0.2, -0.15) is 0 Å². The fourth-order valence-electron chi connectivity index (χ4n) is 4.16. The SMILES string of the molecule is Cc1c(-c2ccccc2)nnc(N2CCCC(F)(F)CC2)c1C(=O)Nc1cccc([S@](C)(=N)=O)c1. The summed E-state index contributed by atoms with van der Waals surface area (Å²) >= 11 is 0. The summed E-state index contributed by atoms with van der Waals surface area (Å²) in [6.45, 7) is 2.15. The zero-order chi connectivity index (χ0) is 25.2. The molecule has 2 N–H and O–H groups in total. The Kier molecular flexibility index (Phi) is 6.84. The van der Waals surface area contributed by atoms with Crippen LogP contribution < -0.4 is 10.2 Å². The zero-order valence-electron chi connectivity index (χ0n) is 19.6. The van der Waals surface area contributed by atoms with Crippen molar-refractivity contribution in [3.05, 3.63) is 65.7 Å². The smallest absolute Gasteiger partial charge is 0.259 e. The van der Waals surface area contributed by atoms with Gasteiger partial charge in [0.05, 0.1) is 21.0 Å². The zero-order valence-corrected chi connectivity index (χ0v) is 20.4. The minimum atomic E-state index is -2.97. The molecule has 2 aromatic carbocycles. The van der Waals surface area contributed by atoms with Crippen molar-refractivity contribution < 1.29 is 17.8 Å². The third kappa shape index (κ3) is 5.64. The Bertz CT molecular complexity index is 1350. The third-order valence-corrected chi connectivity index (χ3v) is 7.19. The van der Waals surface area contributed by atoms with Crippen LogP contribution in [0.25, 0.3) is 11.3 Å². The van der Waals surface area contributed by atoms with Gasteiger partial charge in [0.1, 0.15) is 0 Å². The van der Waals surface area contributed by atoms with Crippen molar-refractivity contribution in [2.45, 2.75) is 37.0 Å². The van der Waals surface area contributed by atoms with E-state index in [1.165, 1.54) is 12.3 Å². The standard InChI is InChI=1S/C25H27F2N5O2S/c1-17-21(24(33)29-19-10-6-11-20(16-19)35(2,28)34)23(32-14-7-12-25(26,27)13-15-32)31-30-22(17)18-8-4-3-5-9-18/h3-6,8-11,16,28H,7,12-15H2,1-2H3,(H,29,33)/t35-/m1/s1. The molecule has 1 aliphatic heterocycles. The van der Waals surface area contributed by atoms with E-state index >= 15 is 0 Å². The molecule has 1 atom stereocenters. The highest BCUT2D eigenvalue weighted by molar-refractivity contribution is 7.91. The van der Waals surface area contributed by atoms with E-state index < -0.39 is 21.6 Å². The molecule has 1 aliphatic rings. The topological polar surface area (TPSA) is 99.0 Å². The first kappa shape index (κ1) is 24.7. The van der Waals surface area contributed by atoms with E-state index in [0.717, 1.165) is 5.56 Å². The molecule has 4 rings (SSSR count). The van der Waals surface area contributed by atoms with Crippen LogP contribution in [0.15, 0.2) is 59.5 Å². The second-order valence-electron chi connectivity index (χ2n) is 8.76. The lowest BCUT2D eigenvalue weighted by Gasteiger charge is -2.25. The number of hydrogen-bond acceptors (Lipinski definition) is 6. The summed E-state index contributed by atoms with van der Waals surface area (Å²) in [5, 5.41) is 11.5. The molecule has 0 aliphatic carbocycles. The Balaban J connectivity index is 1.77. The van der Waals surface area contributed by atoms with Gasteiger partial charge in [0.25, 0.3) is 5.91 Å². The monoisotopic (exact) mass is 499 g/mol. The molecule has 1 fully saturated rings. The Morgan fingerprint density at radius 3 is 2.54 bits per heavy atom. The fraction of sp³-hybridized carbons (Fsp3) is 0.320. The highest BCUT2D eigenvalue weighted by atomic mass is 32.2. The van der Waals surface area contributed by atoms with E-state index in [1.807, 2.05) is 30.3 Å². The molecular formula is C25H27F2N5O2S. The molecule has 1 saturated heterocycles. The number of nitrogens with zero attached hydrogens (tertiary/aromatic N) is 3. The third-order valence-electron chi connectivity index (χ3n) is 6.03. The van der Waals surface area contributed by atoms with Crippen molar-refractivity contribution in [3.63, 3.8) is 0 Å². The molecule has 1 aromatic heterocycles. The number of amides is 1. The summed E-state index contributed by atoms with van der Waals surface area (Å²) < 4.78 is 48.0. The number of rotatable bonds is 5. The van der Waals surface area contributed by atoms with Gasteiger partial charge in [0.15, 0.2) is 5.82 Å². The Morgan fingerprint density at radius 2 is 1.83 bits per heavy atom. The van der Waals surface area contributed by atoms with Crippen LogP contribution in [0.4, 0.5) is 20.3 Å². The first-order valence-electron chi connectivity index (χ1n) is 11.3. The fourth-order valence-corrected chi connectivity index (χ4v) is 4.85. The first-order chi connectivity index (χ1) is 16.5. The summed E-state index contributed by atoms with van der Waals surface area (Å²) in [6, 6.07) is 15.6. The van der Waals surface area contributed by atoms with Crippen molar-refractivity contribution >= 4 is 27.1 Å². The van der Waals surface area contributed by atoms with Gasteiger partial charge in [-0.1, -0.05) is 36.4 Å². The first-order valence-corrected chi connectivity index (χ1v) is 13.2. The molecule has 0 saturated carbocycles. The second kappa shape index (κ2) is 9.69. The largest absolute Gasteiger partial charge is 0.354 e. The van der Waals surface area contributed by atoms with Crippen LogP contribution >= 0.6 is 0 Å². The van der Waals surface area contributed by atoms with Crippen LogP contribution in [-0.2, 0) is 9.73 Å². The molecule has 7 nitrogen and oxygen atoms in total. The lowest BCUT2D eigenvalue weighted by molar-refractivity contribution is -0.0102. The summed E-state index contributed by atoms with van der Waals surface area (Å²) in [4.78, 5) is 15.6. The highest BCUT2D eigenvalue weighted by Crippen LogP contribution is 2.33. The van der Waals surface area contributed by atoms with Crippen LogP contribution in [0.1, 0.15) is 35.2 Å². The maximum atomic E-state index is 14.0. The number of hydrogen-bond donors (Lipinski definition) is 2. The van der Waals surface area contributed by atoms with E-state index in [9.17, 15) is 17.8 Å². The van der Waals surface area contributed by atoms with Crippen LogP contribution in [-0.4, -0.2) is 45.6 Å². The minimum absolute atomic E-state index is 0.0539. The summed E-state index contributed by atoms with van der Waals surface area (Å²) in [7, 11) is -2.97. The van der Waals surface area contributed by atoms with E-state index in [0.29, 0.717) is 28.4 Å². The maximum absolute atomic E-state index is 14.0. The van der Waals surface area contributed by atoms with Crippen molar-refractivity contribution in [2.24, 2.45) is 0 Å². The van der Waals surface area contributed by atoms with Gasteiger partial charge >= 0.3 is 0 Å². The number of nitrogens with one attached hydrogen (secondary N) is 2. The number of benzene rings is 2. The maximum Gasteiger partial charge on any atom is 0.259 e. The average molecular weight is 500 g/mol. The van der Waals surface area contributed by atoms with Gasteiger partial charge < -0.3 is 10.2 Å². The number of alkyl halides is 2. The van der Waals surface area contributed by atoms with Gasteiger partial charge in [-0.25, -0.2) is 17.8 Å². The number of carbonyl (C=O) groups excluding carboxylic acids is 1. The Labute approximate surface area is 203 Å². The molecule has 2 heterocycles. The lowest BCUT2D eigenvalue weighted by atomic mass is 10.0. The molecular weight excluding hydrogens is 472 g/mol. The minimum Gasteiger partial charge on any atom is -0.354 e. The predicted octanol–water partition coefficient (Wildman–Crippen LogP) is 5.37. The van der Waals surface area contributed by atoms with E-state index in [4.69, 9.17) is 4.78 Å². The van der Waals surface area contributed by atoms with Crippen molar-refractivity contribution in [2.75, 3.05) is 29.6 Å². The predicted molar refractivity (Wildman–Crippen MR) is 133 cm³/mol. The number of aromatic nitrogens is 2. The second-order valence-corrected chi connectivity index (χ2v) is 10.9. The van der Waals surface area contributed by atoms with Crippen LogP contribution in [0.5, 0.6) is 0 Å². The molecule has 3 aromatic rings. The number of halogens is 2. The summed E-state index contributed by atoms with van der Waals surface area (Å²) in [6.07, 6.45) is 1.04. The van der Waals surface area contributed by atoms with E-state index in [1.54, 1.807) is 30.0 Å². The van der Waals surface area contributed by atoms with Crippen LogP contribution in [0.3, 0.4) is 0 Å². The van der Waals surface area contributed by atoms with Crippen LogP contribution in [0.2, 0.25) is 0 Å². The van der Waals surface area contributed by atoms with Gasteiger partial charge in [0, 0.05) is 48.3 Å². The molecule has 10 heteroatoms. The molecule has 0 unspecified atom stereocenters.